The maximum atomic E-state index is 12.9. The van der Waals surface area contributed by atoms with E-state index in [0.717, 1.165) is 10.9 Å². The standard InChI is InChI=1S/C23H23BrClNO4/c1-23(2,3)30-22(27)26(12-7-11-25)18-14-19(17-10-13-28-21(17)20(18)24)29-15-16-8-5-4-6-9-16/h4-11,13-14H,12,15H2,1-3H3/b11-7+. The molecule has 0 radical (unpaired) electrons. The van der Waals surface area contributed by atoms with Gasteiger partial charge in [-0.3, -0.25) is 4.90 Å². The first-order valence-corrected chi connectivity index (χ1v) is 10.7. The highest BCUT2D eigenvalue weighted by atomic mass is 79.9. The van der Waals surface area contributed by atoms with Crippen molar-refractivity contribution in [2.45, 2.75) is 33.0 Å². The number of hydrogen-bond donors (Lipinski definition) is 0. The molecule has 1 aromatic heterocycles. The zero-order valence-electron chi connectivity index (χ0n) is 17.0. The van der Waals surface area contributed by atoms with Crippen LogP contribution in [0.25, 0.3) is 11.0 Å². The van der Waals surface area contributed by atoms with E-state index < -0.39 is 11.7 Å². The smallest absolute Gasteiger partial charge is 0.415 e. The van der Waals surface area contributed by atoms with E-state index in [0.29, 0.717) is 28.1 Å². The molecule has 0 aliphatic carbocycles. The van der Waals surface area contributed by atoms with Crippen LogP contribution in [0.4, 0.5) is 10.5 Å². The second-order valence-corrected chi connectivity index (χ2v) is 8.64. The molecule has 7 heteroatoms. The van der Waals surface area contributed by atoms with E-state index in [-0.39, 0.29) is 6.54 Å². The fourth-order valence-electron chi connectivity index (χ4n) is 2.84. The third-order valence-corrected chi connectivity index (χ3v) is 5.09. The van der Waals surface area contributed by atoms with E-state index in [1.165, 1.54) is 10.4 Å². The van der Waals surface area contributed by atoms with Crippen LogP contribution in [0.15, 0.2) is 69.2 Å². The summed E-state index contributed by atoms with van der Waals surface area (Å²) in [4.78, 5) is 14.4. The number of amides is 1. The van der Waals surface area contributed by atoms with E-state index in [1.54, 1.807) is 18.4 Å². The molecule has 0 saturated heterocycles. The quantitative estimate of drug-likeness (QED) is 0.363. The van der Waals surface area contributed by atoms with Crippen molar-refractivity contribution in [2.24, 2.45) is 0 Å². The molecule has 0 N–H and O–H groups in total. The summed E-state index contributed by atoms with van der Waals surface area (Å²) in [6, 6.07) is 13.5. The van der Waals surface area contributed by atoms with Crippen molar-refractivity contribution in [3.05, 3.63) is 70.4 Å². The fraction of sp³-hybridized carbons (Fsp3) is 0.261. The van der Waals surface area contributed by atoms with Gasteiger partial charge in [0, 0.05) is 18.1 Å². The van der Waals surface area contributed by atoms with Crippen molar-refractivity contribution in [3.63, 3.8) is 0 Å². The van der Waals surface area contributed by atoms with Crippen molar-refractivity contribution >= 4 is 50.3 Å². The van der Waals surface area contributed by atoms with E-state index in [9.17, 15) is 4.79 Å². The molecule has 0 saturated carbocycles. The van der Waals surface area contributed by atoms with Crippen LogP contribution < -0.4 is 9.64 Å². The van der Waals surface area contributed by atoms with Crippen LogP contribution >= 0.6 is 27.5 Å². The van der Waals surface area contributed by atoms with Gasteiger partial charge in [0.15, 0.2) is 5.58 Å². The maximum Gasteiger partial charge on any atom is 0.415 e. The number of hydrogen-bond acceptors (Lipinski definition) is 4. The third-order valence-electron chi connectivity index (χ3n) is 4.14. The molecule has 3 aromatic rings. The molecule has 30 heavy (non-hydrogen) atoms. The lowest BCUT2D eigenvalue weighted by Gasteiger charge is -2.27. The molecule has 1 amide bonds. The Kier molecular flexibility index (Phi) is 7.10. The van der Waals surface area contributed by atoms with Crippen molar-refractivity contribution in [3.8, 4) is 5.75 Å². The Morgan fingerprint density at radius 3 is 2.63 bits per heavy atom. The molecule has 0 atom stereocenters. The number of fused-ring (bicyclic) bond motifs is 1. The summed E-state index contributed by atoms with van der Waals surface area (Å²) in [5.74, 6) is 0.601. The van der Waals surface area contributed by atoms with Gasteiger partial charge in [-0.2, -0.15) is 0 Å². The van der Waals surface area contributed by atoms with Crippen molar-refractivity contribution in [2.75, 3.05) is 11.4 Å². The predicted octanol–water partition coefficient (Wildman–Crippen LogP) is 7.27. The molecule has 0 bridgehead atoms. The van der Waals surface area contributed by atoms with E-state index >= 15 is 0 Å². The zero-order chi connectivity index (χ0) is 21.7. The van der Waals surface area contributed by atoms with Gasteiger partial charge < -0.3 is 13.9 Å². The topological polar surface area (TPSA) is 51.9 Å². The Bertz CT molecular complexity index is 1040. The molecule has 5 nitrogen and oxygen atoms in total. The fourth-order valence-corrected chi connectivity index (χ4v) is 3.55. The summed E-state index contributed by atoms with van der Waals surface area (Å²) in [6.45, 7) is 6.07. The van der Waals surface area contributed by atoms with Gasteiger partial charge in [0.2, 0.25) is 0 Å². The van der Waals surface area contributed by atoms with Gasteiger partial charge in [-0.25, -0.2) is 4.79 Å². The zero-order valence-corrected chi connectivity index (χ0v) is 19.4. The lowest BCUT2D eigenvalue weighted by Crippen LogP contribution is -2.37. The lowest BCUT2D eigenvalue weighted by molar-refractivity contribution is 0.0584. The first kappa shape index (κ1) is 22.2. The molecular formula is C23H23BrClNO4. The predicted molar refractivity (Wildman–Crippen MR) is 123 cm³/mol. The number of carbonyl (C=O) groups is 1. The van der Waals surface area contributed by atoms with Gasteiger partial charge in [-0.15, -0.1) is 0 Å². The van der Waals surface area contributed by atoms with Gasteiger partial charge in [0.05, 0.1) is 21.8 Å². The molecule has 2 aromatic carbocycles. The number of carbonyl (C=O) groups excluding carboxylic acids is 1. The molecule has 0 fully saturated rings. The summed E-state index contributed by atoms with van der Waals surface area (Å²) in [5, 5.41) is 0.804. The highest BCUT2D eigenvalue weighted by Crippen LogP contribution is 2.41. The van der Waals surface area contributed by atoms with Crippen LogP contribution in [0.2, 0.25) is 0 Å². The number of nitrogens with zero attached hydrogens (tertiary/aromatic N) is 1. The van der Waals surface area contributed by atoms with E-state index in [2.05, 4.69) is 15.9 Å². The molecular weight excluding hydrogens is 470 g/mol. The van der Waals surface area contributed by atoms with Crippen LogP contribution in [0.3, 0.4) is 0 Å². The molecule has 0 spiro atoms. The Morgan fingerprint density at radius 1 is 1.23 bits per heavy atom. The van der Waals surface area contributed by atoms with Crippen molar-refractivity contribution in [1.29, 1.82) is 0 Å². The Morgan fingerprint density at radius 2 is 1.97 bits per heavy atom. The average Bonchev–Trinajstić information content (AvgIpc) is 3.19. The summed E-state index contributed by atoms with van der Waals surface area (Å²) in [7, 11) is 0. The lowest BCUT2D eigenvalue weighted by atomic mass is 10.2. The Hall–Kier alpha value is -2.44. The minimum atomic E-state index is -0.645. The number of halogens is 2. The SMILES string of the molecule is CC(C)(C)OC(=O)N(C/C=C/Cl)c1cc(OCc2ccccc2)c2ccoc2c1Br. The van der Waals surface area contributed by atoms with Crippen LogP contribution in [0, 0.1) is 0 Å². The first-order chi connectivity index (χ1) is 14.3. The Balaban J connectivity index is 2.01. The number of rotatable bonds is 6. The molecule has 158 valence electrons. The normalized spacial score (nSPS) is 11.8. The highest BCUT2D eigenvalue weighted by molar-refractivity contribution is 9.10. The third kappa shape index (κ3) is 5.37. The second-order valence-electron chi connectivity index (χ2n) is 7.60. The number of benzene rings is 2. The molecule has 3 rings (SSSR count). The summed E-state index contributed by atoms with van der Waals surface area (Å²) in [5.41, 5.74) is 2.90. The molecule has 1 heterocycles. The van der Waals surface area contributed by atoms with Gasteiger partial charge in [0.1, 0.15) is 18.0 Å². The summed E-state index contributed by atoms with van der Waals surface area (Å²) >= 11 is 9.30. The van der Waals surface area contributed by atoms with Gasteiger partial charge in [-0.1, -0.05) is 48.0 Å². The molecule has 0 aliphatic rings. The van der Waals surface area contributed by atoms with Gasteiger partial charge in [0.25, 0.3) is 0 Å². The molecule has 0 unspecified atom stereocenters. The van der Waals surface area contributed by atoms with E-state index in [4.69, 9.17) is 25.5 Å². The first-order valence-electron chi connectivity index (χ1n) is 9.42. The van der Waals surface area contributed by atoms with Crippen LogP contribution in [0.5, 0.6) is 5.75 Å². The minimum absolute atomic E-state index is 0.224. The van der Waals surface area contributed by atoms with Crippen molar-refractivity contribution < 1.29 is 18.7 Å². The van der Waals surface area contributed by atoms with E-state index in [1.807, 2.05) is 57.2 Å². The average molecular weight is 493 g/mol. The summed E-state index contributed by atoms with van der Waals surface area (Å²) in [6.07, 6.45) is 2.75. The summed E-state index contributed by atoms with van der Waals surface area (Å²) < 4.78 is 18.0. The molecule has 0 aliphatic heterocycles. The van der Waals surface area contributed by atoms with Crippen LogP contribution in [-0.4, -0.2) is 18.2 Å². The number of ether oxygens (including phenoxy) is 2. The van der Waals surface area contributed by atoms with Crippen LogP contribution in [0.1, 0.15) is 26.3 Å². The van der Waals surface area contributed by atoms with Crippen molar-refractivity contribution in [1.82, 2.24) is 0 Å². The minimum Gasteiger partial charge on any atom is -0.488 e. The Labute approximate surface area is 189 Å². The number of furan rings is 1. The van der Waals surface area contributed by atoms with Gasteiger partial charge in [-0.05, 0) is 48.3 Å². The second kappa shape index (κ2) is 9.58. The maximum absolute atomic E-state index is 12.9. The monoisotopic (exact) mass is 491 g/mol. The highest BCUT2D eigenvalue weighted by Gasteiger charge is 2.27. The largest absolute Gasteiger partial charge is 0.488 e. The van der Waals surface area contributed by atoms with Crippen LogP contribution in [-0.2, 0) is 11.3 Å². The van der Waals surface area contributed by atoms with Gasteiger partial charge >= 0.3 is 6.09 Å². The number of anilines is 1.